The van der Waals surface area contributed by atoms with E-state index in [9.17, 15) is 14.9 Å². The lowest BCUT2D eigenvalue weighted by atomic mass is 10.2. The van der Waals surface area contributed by atoms with E-state index < -0.39 is 10.8 Å². The van der Waals surface area contributed by atoms with E-state index in [1.165, 1.54) is 12.1 Å². The first kappa shape index (κ1) is 17.9. The maximum Gasteiger partial charge on any atom is 0.288 e. The lowest BCUT2D eigenvalue weighted by Crippen LogP contribution is -2.16. The summed E-state index contributed by atoms with van der Waals surface area (Å²) in [5.41, 5.74) is 0.755. The number of benzene rings is 2. The van der Waals surface area contributed by atoms with Crippen molar-refractivity contribution in [3.05, 3.63) is 86.0 Å². The van der Waals surface area contributed by atoms with Gasteiger partial charge in [-0.1, -0.05) is 35.3 Å². The number of halogens is 2. The van der Waals surface area contributed by atoms with Crippen LogP contribution in [0.5, 0.6) is 0 Å². The molecule has 0 saturated heterocycles. The number of nitrogens with zero attached hydrogens (tertiary/aromatic N) is 3. The Labute approximate surface area is 158 Å². The van der Waals surface area contributed by atoms with Crippen LogP contribution in [0.1, 0.15) is 15.9 Å². The van der Waals surface area contributed by atoms with Crippen LogP contribution in [0.4, 0.5) is 11.5 Å². The molecule has 0 aliphatic heterocycles. The molecular formula is C17H12Cl2N4O3. The molecule has 0 atom stereocenters. The highest BCUT2D eigenvalue weighted by atomic mass is 35.5. The van der Waals surface area contributed by atoms with Gasteiger partial charge in [-0.2, -0.15) is 5.10 Å². The number of nitro benzene ring substituents is 1. The highest BCUT2D eigenvalue weighted by molar-refractivity contribution is 6.32. The number of rotatable bonds is 5. The van der Waals surface area contributed by atoms with Crippen LogP contribution in [0.25, 0.3) is 0 Å². The van der Waals surface area contributed by atoms with Gasteiger partial charge in [0.1, 0.15) is 10.8 Å². The number of nitro groups is 1. The Morgan fingerprint density at radius 3 is 2.58 bits per heavy atom. The second kappa shape index (κ2) is 7.55. The van der Waals surface area contributed by atoms with E-state index >= 15 is 0 Å². The third kappa shape index (κ3) is 4.01. The molecule has 1 amide bonds. The molecule has 3 rings (SSSR count). The maximum atomic E-state index is 12.4. The summed E-state index contributed by atoms with van der Waals surface area (Å²) in [7, 11) is 0. The number of hydrogen-bond donors (Lipinski definition) is 1. The van der Waals surface area contributed by atoms with Gasteiger partial charge in [-0.15, -0.1) is 0 Å². The first-order valence-electron chi connectivity index (χ1n) is 7.45. The minimum Gasteiger partial charge on any atom is -0.307 e. The van der Waals surface area contributed by atoms with Crippen molar-refractivity contribution in [1.82, 2.24) is 9.78 Å². The molecule has 0 spiro atoms. The van der Waals surface area contributed by atoms with Gasteiger partial charge in [0.25, 0.3) is 11.6 Å². The number of carbonyl (C=O) groups excluding carboxylic acids is 1. The minimum atomic E-state index is -0.635. The monoisotopic (exact) mass is 390 g/mol. The Morgan fingerprint density at radius 2 is 1.88 bits per heavy atom. The van der Waals surface area contributed by atoms with Crippen LogP contribution in [-0.2, 0) is 6.54 Å². The Kier molecular flexibility index (Phi) is 5.20. The molecule has 2 aromatic carbocycles. The third-order valence-electron chi connectivity index (χ3n) is 3.61. The second-order valence-corrected chi connectivity index (χ2v) is 6.22. The van der Waals surface area contributed by atoms with Crippen molar-refractivity contribution in [1.29, 1.82) is 0 Å². The van der Waals surface area contributed by atoms with Crippen molar-refractivity contribution < 1.29 is 9.72 Å². The molecule has 7 nitrogen and oxygen atoms in total. The number of amides is 1. The summed E-state index contributed by atoms with van der Waals surface area (Å²) >= 11 is 11.6. The SMILES string of the molecule is O=C(Nc1ccnn1Cc1ccc(Cl)cc1)c1ccc(Cl)c([N+](=O)[O-])c1. The number of hydrogen-bond acceptors (Lipinski definition) is 4. The number of aromatic nitrogens is 2. The van der Waals surface area contributed by atoms with E-state index in [4.69, 9.17) is 23.2 Å². The van der Waals surface area contributed by atoms with Gasteiger partial charge in [0.2, 0.25) is 0 Å². The molecule has 0 radical (unpaired) electrons. The zero-order chi connectivity index (χ0) is 18.7. The largest absolute Gasteiger partial charge is 0.307 e. The van der Waals surface area contributed by atoms with Crippen molar-refractivity contribution in [2.24, 2.45) is 0 Å². The number of anilines is 1. The average molecular weight is 391 g/mol. The van der Waals surface area contributed by atoms with Crippen LogP contribution in [-0.4, -0.2) is 20.6 Å². The molecule has 0 bridgehead atoms. The van der Waals surface area contributed by atoms with Gasteiger partial charge < -0.3 is 5.32 Å². The van der Waals surface area contributed by atoms with Gasteiger partial charge >= 0.3 is 0 Å². The van der Waals surface area contributed by atoms with E-state index in [-0.39, 0.29) is 16.3 Å². The van der Waals surface area contributed by atoms with Crippen LogP contribution >= 0.6 is 23.2 Å². The number of nitrogens with one attached hydrogen (secondary N) is 1. The molecule has 1 N–H and O–H groups in total. The first-order valence-corrected chi connectivity index (χ1v) is 8.21. The molecule has 0 unspecified atom stereocenters. The Bertz CT molecular complexity index is 970. The molecule has 1 heterocycles. The number of carbonyl (C=O) groups is 1. The molecule has 132 valence electrons. The minimum absolute atomic E-state index is 0.0284. The summed E-state index contributed by atoms with van der Waals surface area (Å²) in [6.45, 7) is 0.431. The topological polar surface area (TPSA) is 90.1 Å². The fraction of sp³-hybridized carbons (Fsp3) is 0.0588. The van der Waals surface area contributed by atoms with Crippen molar-refractivity contribution in [2.45, 2.75) is 6.54 Å². The average Bonchev–Trinajstić information content (AvgIpc) is 3.03. The lowest BCUT2D eigenvalue weighted by molar-refractivity contribution is -0.384. The fourth-order valence-corrected chi connectivity index (χ4v) is 2.62. The highest BCUT2D eigenvalue weighted by Gasteiger charge is 2.17. The van der Waals surface area contributed by atoms with Crippen LogP contribution in [0.15, 0.2) is 54.7 Å². The van der Waals surface area contributed by atoms with Crippen LogP contribution in [0.3, 0.4) is 0 Å². The summed E-state index contributed by atoms with van der Waals surface area (Å²) in [6.07, 6.45) is 1.55. The standard InChI is InChI=1S/C17H12Cl2N4O3/c18-13-4-1-11(2-5-13)10-22-16(7-8-20-22)21-17(24)12-3-6-14(19)15(9-12)23(25)26/h1-9H,10H2,(H,21,24). The van der Waals surface area contributed by atoms with Gasteiger partial charge in [-0.25, -0.2) is 4.68 Å². The smallest absolute Gasteiger partial charge is 0.288 e. The van der Waals surface area contributed by atoms with Gasteiger partial charge in [0.05, 0.1) is 17.7 Å². The first-order chi connectivity index (χ1) is 12.4. The molecule has 0 saturated carbocycles. The Balaban J connectivity index is 1.78. The Hall–Kier alpha value is -2.90. The highest BCUT2D eigenvalue weighted by Crippen LogP contribution is 2.25. The quantitative estimate of drug-likeness (QED) is 0.516. The van der Waals surface area contributed by atoms with E-state index in [0.717, 1.165) is 11.6 Å². The van der Waals surface area contributed by atoms with Crippen LogP contribution in [0, 0.1) is 10.1 Å². The zero-order valence-electron chi connectivity index (χ0n) is 13.2. The lowest BCUT2D eigenvalue weighted by Gasteiger charge is -2.09. The van der Waals surface area contributed by atoms with E-state index in [2.05, 4.69) is 10.4 Å². The summed E-state index contributed by atoms with van der Waals surface area (Å²) in [6, 6.07) is 12.8. The zero-order valence-corrected chi connectivity index (χ0v) is 14.7. The molecule has 3 aromatic rings. The van der Waals surface area contributed by atoms with Gasteiger partial charge in [-0.3, -0.25) is 14.9 Å². The van der Waals surface area contributed by atoms with Crippen molar-refractivity contribution >= 4 is 40.6 Å². The normalized spacial score (nSPS) is 10.5. The Morgan fingerprint density at radius 1 is 1.15 bits per heavy atom. The molecule has 26 heavy (non-hydrogen) atoms. The molecule has 9 heteroatoms. The summed E-state index contributed by atoms with van der Waals surface area (Å²) in [5.74, 6) is -0.0369. The molecular weight excluding hydrogens is 379 g/mol. The van der Waals surface area contributed by atoms with E-state index in [1.54, 1.807) is 29.1 Å². The van der Waals surface area contributed by atoms with Crippen molar-refractivity contribution in [3.63, 3.8) is 0 Å². The van der Waals surface area contributed by atoms with Gasteiger partial charge in [-0.05, 0) is 29.8 Å². The summed E-state index contributed by atoms with van der Waals surface area (Å²) < 4.78 is 1.60. The molecule has 0 aliphatic rings. The van der Waals surface area contributed by atoms with Crippen molar-refractivity contribution in [2.75, 3.05) is 5.32 Å². The van der Waals surface area contributed by atoms with Crippen molar-refractivity contribution in [3.8, 4) is 0 Å². The van der Waals surface area contributed by atoms with Gasteiger partial charge in [0.15, 0.2) is 0 Å². The second-order valence-electron chi connectivity index (χ2n) is 5.38. The maximum absolute atomic E-state index is 12.4. The van der Waals surface area contributed by atoms with Crippen LogP contribution < -0.4 is 5.32 Å². The molecule has 0 fully saturated rings. The predicted octanol–water partition coefficient (Wildman–Crippen LogP) is 4.40. The van der Waals surface area contributed by atoms with Crippen LogP contribution in [0.2, 0.25) is 10.0 Å². The molecule has 1 aromatic heterocycles. The van der Waals surface area contributed by atoms with E-state index in [1.807, 2.05) is 12.1 Å². The van der Waals surface area contributed by atoms with Gasteiger partial charge in [0, 0.05) is 22.7 Å². The summed E-state index contributed by atoms with van der Waals surface area (Å²) in [4.78, 5) is 22.7. The predicted molar refractivity (Wildman–Crippen MR) is 98.8 cm³/mol. The fourth-order valence-electron chi connectivity index (χ4n) is 2.31. The summed E-state index contributed by atoms with van der Waals surface area (Å²) in [5, 5.41) is 18.4. The van der Waals surface area contributed by atoms with E-state index in [0.29, 0.717) is 17.4 Å². The third-order valence-corrected chi connectivity index (χ3v) is 4.18. The molecule has 0 aliphatic carbocycles.